The van der Waals surface area contributed by atoms with Gasteiger partial charge in [0.1, 0.15) is 0 Å². The zero-order chi connectivity index (χ0) is 11.4. The molecule has 0 fully saturated rings. The smallest absolute Gasteiger partial charge is 0.208 e. The van der Waals surface area contributed by atoms with Gasteiger partial charge in [-0.05, 0) is 6.92 Å². The molecule has 1 aromatic heterocycles. The van der Waals surface area contributed by atoms with Crippen LogP contribution in [0.4, 0.5) is 5.13 Å². The summed E-state index contributed by atoms with van der Waals surface area (Å²) in [6, 6.07) is 0. The molecule has 15 heavy (non-hydrogen) atoms. The maximum absolute atomic E-state index is 8.49. The molecule has 0 aromatic carbocycles. The number of anilines is 1. The van der Waals surface area contributed by atoms with Crippen LogP contribution in [0.1, 0.15) is 6.92 Å². The van der Waals surface area contributed by atoms with Gasteiger partial charge in [0, 0.05) is 14.1 Å². The van der Waals surface area contributed by atoms with Gasteiger partial charge in [-0.3, -0.25) is 0 Å². The lowest BCUT2D eigenvalue weighted by atomic mass is 10.4. The Hall–Kier alpha value is -1.02. The van der Waals surface area contributed by atoms with Crippen molar-refractivity contribution in [2.45, 2.75) is 16.5 Å². The number of hydrogen-bond donors (Lipinski definition) is 2. The monoisotopic (exact) mass is 247 g/mol. The predicted molar refractivity (Wildman–Crippen MR) is 63.0 cm³/mol. The van der Waals surface area contributed by atoms with Crippen molar-refractivity contribution in [3.63, 3.8) is 0 Å². The van der Waals surface area contributed by atoms with Crippen molar-refractivity contribution >= 4 is 34.1 Å². The Morgan fingerprint density at radius 3 is 2.73 bits per heavy atom. The van der Waals surface area contributed by atoms with Gasteiger partial charge in [-0.2, -0.15) is 0 Å². The molecule has 1 rings (SSSR count). The molecule has 8 heteroatoms. The van der Waals surface area contributed by atoms with E-state index in [0.717, 1.165) is 9.47 Å². The Labute approximate surface area is 96.2 Å². The van der Waals surface area contributed by atoms with Crippen LogP contribution >= 0.6 is 23.1 Å². The van der Waals surface area contributed by atoms with Crippen LogP contribution in [0.5, 0.6) is 0 Å². The second kappa shape index (κ2) is 5.17. The highest BCUT2D eigenvalue weighted by Gasteiger charge is 2.13. The molecular weight excluding hydrogens is 234 g/mol. The second-order valence-electron chi connectivity index (χ2n) is 3.03. The van der Waals surface area contributed by atoms with E-state index in [4.69, 9.17) is 10.9 Å². The summed E-state index contributed by atoms with van der Waals surface area (Å²) < 4.78 is 0.804. The molecule has 0 aliphatic carbocycles. The number of rotatable bonds is 4. The highest BCUT2D eigenvalue weighted by atomic mass is 32.2. The number of oxime groups is 1. The van der Waals surface area contributed by atoms with Crippen molar-refractivity contribution in [3.05, 3.63) is 0 Å². The predicted octanol–water partition coefficient (Wildman–Crippen LogP) is 0.831. The van der Waals surface area contributed by atoms with Crippen molar-refractivity contribution in [1.82, 2.24) is 10.2 Å². The van der Waals surface area contributed by atoms with Crippen LogP contribution in [0, 0.1) is 0 Å². The van der Waals surface area contributed by atoms with Crippen molar-refractivity contribution in [1.29, 1.82) is 0 Å². The van der Waals surface area contributed by atoms with E-state index in [9.17, 15) is 0 Å². The fraction of sp³-hybridized carbons (Fsp3) is 0.571. The molecule has 1 atom stereocenters. The van der Waals surface area contributed by atoms with Gasteiger partial charge in [0.2, 0.25) is 5.13 Å². The first-order chi connectivity index (χ1) is 7.04. The molecule has 84 valence electrons. The van der Waals surface area contributed by atoms with Crippen molar-refractivity contribution in [2.75, 3.05) is 19.0 Å². The maximum atomic E-state index is 8.49. The Bertz CT molecular complexity index is 351. The maximum Gasteiger partial charge on any atom is 0.208 e. The molecule has 0 saturated carbocycles. The van der Waals surface area contributed by atoms with Crippen LogP contribution in [0.2, 0.25) is 0 Å². The minimum atomic E-state index is -0.113. The van der Waals surface area contributed by atoms with Crippen LogP contribution in [-0.4, -0.2) is 40.6 Å². The Kier molecular flexibility index (Phi) is 4.15. The van der Waals surface area contributed by atoms with Crippen LogP contribution < -0.4 is 10.6 Å². The highest BCUT2D eigenvalue weighted by Crippen LogP contribution is 2.29. The standard InChI is InChI=1S/C7H13N5OS2/c1-4(5(8)11-13)14-7-10-9-6(15-7)12(2)3/h4,13H,1-3H3,(H2,8,11). The first-order valence-electron chi connectivity index (χ1n) is 4.19. The number of nitrogens with two attached hydrogens (primary N) is 1. The van der Waals surface area contributed by atoms with Gasteiger partial charge >= 0.3 is 0 Å². The van der Waals surface area contributed by atoms with E-state index in [2.05, 4.69) is 15.4 Å². The van der Waals surface area contributed by atoms with Crippen molar-refractivity contribution in [2.24, 2.45) is 10.9 Å². The topological polar surface area (TPSA) is 87.6 Å². The fourth-order valence-corrected chi connectivity index (χ4v) is 2.63. The normalized spacial score (nSPS) is 13.9. The molecule has 0 spiro atoms. The van der Waals surface area contributed by atoms with Crippen LogP contribution in [0.15, 0.2) is 9.50 Å². The summed E-state index contributed by atoms with van der Waals surface area (Å²) in [7, 11) is 3.81. The number of aromatic nitrogens is 2. The zero-order valence-corrected chi connectivity index (χ0v) is 10.3. The molecular formula is C7H13N5OS2. The van der Waals surface area contributed by atoms with E-state index >= 15 is 0 Å². The van der Waals surface area contributed by atoms with Gasteiger partial charge in [-0.15, -0.1) is 10.2 Å². The van der Waals surface area contributed by atoms with Gasteiger partial charge in [0.15, 0.2) is 10.2 Å². The number of hydrogen-bond acceptors (Lipinski definition) is 7. The summed E-state index contributed by atoms with van der Waals surface area (Å²) in [5.74, 6) is 0.182. The van der Waals surface area contributed by atoms with Gasteiger partial charge in [0.05, 0.1) is 5.25 Å². The van der Waals surface area contributed by atoms with Crippen molar-refractivity contribution in [3.8, 4) is 0 Å². The summed E-state index contributed by atoms with van der Waals surface area (Å²) in [5.41, 5.74) is 5.46. The van der Waals surface area contributed by atoms with E-state index < -0.39 is 0 Å². The third-order valence-corrected chi connectivity index (χ3v) is 3.89. The van der Waals surface area contributed by atoms with E-state index in [1.807, 2.05) is 25.9 Å². The molecule has 1 heterocycles. The molecule has 1 unspecified atom stereocenters. The summed E-state index contributed by atoms with van der Waals surface area (Å²) in [6.07, 6.45) is 0. The minimum Gasteiger partial charge on any atom is -0.409 e. The number of nitrogens with zero attached hydrogens (tertiary/aromatic N) is 4. The first kappa shape index (κ1) is 12.1. The number of thioether (sulfide) groups is 1. The Morgan fingerprint density at radius 2 is 2.27 bits per heavy atom. The lowest BCUT2D eigenvalue weighted by Gasteiger charge is -2.06. The van der Waals surface area contributed by atoms with Crippen LogP contribution in [-0.2, 0) is 0 Å². The van der Waals surface area contributed by atoms with E-state index in [1.165, 1.54) is 23.1 Å². The quantitative estimate of drug-likeness (QED) is 0.269. The lowest BCUT2D eigenvalue weighted by Crippen LogP contribution is -2.23. The highest BCUT2D eigenvalue weighted by molar-refractivity contribution is 8.02. The molecule has 3 N–H and O–H groups in total. The molecule has 0 bridgehead atoms. The molecule has 0 aliphatic heterocycles. The summed E-state index contributed by atoms with van der Waals surface area (Å²) in [6.45, 7) is 1.84. The van der Waals surface area contributed by atoms with Gasteiger partial charge in [-0.1, -0.05) is 28.3 Å². The van der Waals surface area contributed by atoms with Gasteiger partial charge < -0.3 is 15.8 Å². The number of amidine groups is 1. The molecule has 0 radical (unpaired) electrons. The first-order valence-corrected chi connectivity index (χ1v) is 5.89. The SMILES string of the molecule is CC(Sc1nnc(N(C)C)s1)C(N)=NO. The molecule has 0 saturated heterocycles. The summed E-state index contributed by atoms with van der Waals surface area (Å²) in [5, 5.41) is 20.1. The molecule has 6 nitrogen and oxygen atoms in total. The van der Waals surface area contributed by atoms with E-state index in [0.29, 0.717) is 0 Å². The largest absolute Gasteiger partial charge is 0.409 e. The van der Waals surface area contributed by atoms with Gasteiger partial charge in [0.25, 0.3) is 0 Å². The van der Waals surface area contributed by atoms with E-state index in [1.54, 1.807) is 0 Å². The third-order valence-electron chi connectivity index (χ3n) is 1.59. The molecule has 0 amide bonds. The fourth-order valence-electron chi connectivity index (χ4n) is 0.724. The van der Waals surface area contributed by atoms with Crippen molar-refractivity contribution < 1.29 is 5.21 Å². The average Bonchev–Trinajstić information content (AvgIpc) is 2.65. The Balaban J connectivity index is 2.65. The van der Waals surface area contributed by atoms with Crippen LogP contribution in [0.25, 0.3) is 0 Å². The molecule has 1 aromatic rings. The third kappa shape index (κ3) is 3.24. The lowest BCUT2D eigenvalue weighted by molar-refractivity contribution is 0.317. The molecule has 0 aliphatic rings. The summed E-state index contributed by atoms with van der Waals surface area (Å²) in [4.78, 5) is 1.88. The van der Waals surface area contributed by atoms with E-state index in [-0.39, 0.29) is 11.1 Å². The minimum absolute atomic E-state index is 0.113. The Morgan fingerprint density at radius 1 is 1.60 bits per heavy atom. The second-order valence-corrected chi connectivity index (χ2v) is 5.57. The van der Waals surface area contributed by atoms with Crippen LogP contribution in [0.3, 0.4) is 0 Å². The zero-order valence-electron chi connectivity index (χ0n) is 8.71. The summed E-state index contributed by atoms with van der Waals surface area (Å²) >= 11 is 2.89. The average molecular weight is 247 g/mol. The van der Waals surface area contributed by atoms with Gasteiger partial charge in [-0.25, -0.2) is 0 Å².